The maximum atomic E-state index is 13.0. The number of aromatic nitrogens is 1. The van der Waals surface area contributed by atoms with Crippen molar-refractivity contribution in [1.82, 2.24) is 14.8 Å². The summed E-state index contributed by atoms with van der Waals surface area (Å²) in [6.45, 7) is 6.26. The number of aryl methyl sites for hydroxylation is 1. The monoisotopic (exact) mass is 341 g/mol. The number of benzene rings is 1. The van der Waals surface area contributed by atoms with Crippen molar-refractivity contribution in [2.75, 3.05) is 0 Å². The third-order valence-corrected chi connectivity index (χ3v) is 4.15. The summed E-state index contributed by atoms with van der Waals surface area (Å²) in [6, 6.07) is 7.54. The van der Waals surface area contributed by atoms with Crippen molar-refractivity contribution in [3.05, 3.63) is 64.9 Å². The van der Waals surface area contributed by atoms with Crippen molar-refractivity contribution < 1.29 is 14.0 Å². The summed E-state index contributed by atoms with van der Waals surface area (Å²) in [4.78, 5) is 25.7. The number of hydrogen-bond donors (Lipinski definition) is 1. The molecule has 130 valence electrons. The molecule has 5 nitrogen and oxygen atoms in total. The van der Waals surface area contributed by atoms with Crippen molar-refractivity contribution in [2.24, 2.45) is 0 Å². The molecule has 1 aromatic heterocycles. The minimum atomic E-state index is -0.472. The Kier molecular flexibility index (Phi) is 4.44. The molecule has 0 radical (unpaired) electrons. The molecular formula is C19H20FN3O2. The van der Waals surface area contributed by atoms with Gasteiger partial charge in [-0.15, -0.1) is 0 Å². The van der Waals surface area contributed by atoms with E-state index >= 15 is 0 Å². The number of nitrogens with one attached hydrogen (secondary N) is 1. The molecule has 0 saturated carbocycles. The van der Waals surface area contributed by atoms with Gasteiger partial charge in [-0.3, -0.25) is 9.69 Å². The number of urea groups is 1. The Morgan fingerprint density at radius 3 is 2.48 bits per heavy atom. The highest BCUT2D eigenvalue weighted by molar-refractivity contribution is 6.13. The summed E-state index contributed by atoms with van der Waals surface area (Å²) in [7, 11) is 0. The van der Waals surface area contributed by atoms with Gasteiger partial charge in [-0.05, 0) is 56.2 Å². The SMILES string of the molecule is Cc1cc(/C=C2/NC(=O)N(Cc3ccc(F)cc3)C2=O)cn1C(C)C. The first kappa shape index (κ1) is 17.0. The van der Waals surface area contributed by atoms with E-state index in [0.717, 1.165) is 16.2 Å². The minimum Gasteiger partial charge on any atom is -0.349 e. The molecule has 1 aliphatic rings. The van der Waals surface area contributed by atoms with Crippen LogP contribution >= 0.6 is 0 Å². The second-order valence-corrected chi connectivity index (χ2v) is 6.42. The van der Waals surface area contributed by atoms with Crippen molar-refractivity contribution in [1.29, 1.82) is 0 Å². The lowest BCUT2D eigenvalue weighted by atomic mass is 10.2. The molecule has 6 heteroatoms. The van der Waals surface area contributed by atoms with Crippen LogP contribution in [0.3, 0.4) is 0 Å². The van der Waals surface area contributed by atoms with Crippen LogP contribution < -0.4 is 5.32 Å². The normalized spacial score (nSPS) is 16.2. The average Bonchev–Trinajstić information content (AvgIpc) is 3.04. The number of imide groups is 1. The zero-order valence-electron chi connectivity index (χ0n) is 14.4. The van der Waals surface area contributed by atoms with Crippen LogP contribution in [0.25, 0.3) is 6.08 Å². The van der Waals surface area contributed by atoms with Gasteiger partial charge in [0.1, 0.15) is 11.5 Å². The van der Waals surface area contributed by atoms with E-state index in [0.29, 0.717) is 11.6 Å². The van der Waals surface area contributed by atoms with Crippen LogP contribution in [0.15, 0.2) is 42.2 Å². The first-order valence-electron chi connectivity index (χ1n) is 8.12. The van der Waals surface area contributed by atoms with E-state index in [1.54, 1.807) is 18.2 Å². The predicted octanol–water partition coefficient (Wildman–Crippen LogP) is 3.61. The molecule has 0 bridgehead atoms. The number of amides is 3. The summed E-state index contributed by atoms with van der Waals surface area (Å²) < 4.78 is 15.1. The van der Waals surface area contributed by atoms with Crippen molar-refractivity contribution in [3.8, 4) is 0 Å². The Morgan fingerprint density at radius 1 is 1.20 bits per heavy atom. The molecule has 1 fully saturated rings. The zero-order chi connectivity index (χ0) is 18.1. The highest BCUT2D eigenvalue weighted by Crippen LogP contribution is 2.20. The molecule has 0 atom stereocenters. The van der Waals surface area contributed by atoms with E-state index in [9.17, 15) is 14.0 Å². The fraction of sp³-hybridized carbons (Fsp3) is 0.263. The number of nitrogens with zero attached hydrogens (tertiary/aromatic N) is 2. The first-order valence-corrected chi connectivity index (χ1v) is 8.12. The fourth-order valence-corrected chi connectivity index (χ4v) is 2.90. The van der Waals surface area contributed by atoms with Crippen LogP contribution in [0.2, 0.25) is 0 Å². The van der Waals surface area contributed by atoms with Crippen LogP contribution in [0.5, 0.6) is 0 Å². The number of halogens is 1. The maximum Gasteiger partial charge on any atom is 0.329 e. The van der Waals surface area contributed by atoms with Gasteiger partial charge in [0.25, 0.3) is 5.91 Å². The third-order valence-electron chi connectivity index (χ3n) is 4.15. The highest BCUT2D eigenvalue weighted by atomic mass is 19.1. The Balaban J connectivity index is 1.80. The van der Waals surface area contributed by atoms with Crippen molar-refractivity contribution in [3.63, 3.8) is 0 Å². The zero-order valence-corrected chi connectivity index (χ0v) is 14.4. The number of rotatable bonds is 4. The lowest BCUT2D eigenvalue weighted by Crippen LogP contribution is -2.30. The molecule has 0 aliphatic carbocycles. The lowest BCUT2D eigenvalue weighted by molar-refractivity contribution is -0.123. The molecule has 0 spiro atoms. The van der Waals surface area contributed by atoms with E-state index < -0.39 is 6.03 Å². The van der Waals surface area contributed by atoms with Gasteiger partial charge in [-0.25, -0.2) is 9.18 Å². The largest absolute Gasteiger partial charge is 0.349 e. The van der Waals surface area contributed by atoms with Crippen molar-refractivity contribution in [2.45, 2.75) is 33.4 Å². The van der Waals surface area contributed by atoms with Gasteiger partial charge in [0.15, 0.2) is 0 Å². The standard InChI is InChI=1S/C19H20FN3O2/c1-12(2)22-11-15(8-13(22)3)9-17-18(24)23(19(25)21-17)10-14-4-6-16(20)7-5-14/h4-9,11-12H,10H2,1-3H3,(H,21,25)/b17-9+. The van der Waals surface area contributed by atoms with Crippen LogP contribution in [-0.2, 0) is 11.3 Å². The quantitative estimate of drug-likeness (QED) is 0.682. The van der Waals surface area contributed by atoms with Gasteiger partial charge in [0, 0.05) is 17.9 Å². The number of carbonyl (C=O) groups is 2. The molecule has 1 N–H and O–H groups in total. The minimum absolute atomic E-state index is 0.105. The maximum absolute atomic E-state index is 13.0. The van der Waals surface area contributed by atoms with Gasteiger partial charge < -0.3 is 9.88 Å². The topological polar surface area (TPSA) is 54.3 Å². The molecule has 2 aromatic rings. The smallest absolute Gasteiger partial charge is 0.329 e. The summed E-state index contributed by atoms with van der Waals surface area (Å²) >= 11 is 0. The molecule has 3 amide bonds. The van der Waals surface area contributed by atoms with Gasteiger partial charge >= 0.3 is 6.03 Å². The summed E-state index contributed by atoms with van der Waals surface area (Å²) in [6.07, 6.45) is 3.63. The van der Waals surface area contributed by atoms with Crippen molar-refractivity contribution >= 4 is 18.0 Å². The van der Waals surface area contributed by atoms with Gasteiger partial charge in [0.2, 0.25) is 0 Å². The molecule has 2 heterocycles. The van der Waals surface area contributed by atoms with Gasteiger partial charge in [-0.2, -0.15) is 0 Å². The Morgan fingerprint density at radius 2 is 1.88 bits per heavy atom. The van der Waals surface area contributed by atoms with E-state index in [1.165, 1.54) is 12.1 Å². The summed E-state index contributed by atoms with van der Waals surface area (Å²) in [5, 5.41) is 2.61. The highest BCUT2D eigenvalue weighted by Gasteiger charge is 2.33. The molecule has 1 aromatic carbocycles. The molecular weight excluding hydrogens is 321 g/mol. The lowest BCUT2D eigenvalue weighted by Gasteiger charge is -2.11. The first-order chi connectivity index (χ1) is 11.8. The molecule has 0 unspecified atom stereocenters. The van der Waals surface area contributed by atoms with E-state index in [1.807, 2.05) is 19.2 Å². The number of hydrogen-bond acceptors (Lipinski definition) is 2. The van der Waals surface area contributed by atoms with E-state index in [2.05, 4.69) is 23.7 Å². The van der Waals surface area contributed by atoms with Crippen LogP contribution in [0, 0.1) is 12.7 Å². The Bertz CT molecular complexity index is 850. The molecule has 3 rings (SSSR count). The Hall–Kier alpha value is -2.89. The van der Waals surface area contributed by atoms with Gasteiger partial charge in [0.05, 0.1) is 6.54 Å². The van der Waals surface area contributed by atoms with Crippen LogP contribution in [0.4, 0.5) is 9.18 Å². The van der Waals surface area contributed by atoms with Gasteiger partial charge in [-0.1, -0.05) is 12.1 Å². The number of carbonyl (C=O) groups excluding carboxylic acids is 2. The average molecular weight is 341 g/mol. The molecule has 25 heavy (non-hydrogen) atoms. The molecule has 1 saturated heterocycles. The second kappa shape index (κ2) is 6.55. The fourth-order valence-electron chi connectivity index (χ4n) is 2.90. The second-order valence-electron chi connectivity index (χ2n) is 6.42. The molecule has 1 aliphatic heterocycles. The summed E-state index contributed by atoms with van der Waals surface area (Å²) in [5.74, 6) is -0.740. The van der Waals surface area contributed by atoms with Crippen LogP contribution in [-0.4, -0.2) is 21.4 Å². The van der Waals surface area contributed by atoms with E-state index in [4.69, 9.17) is 0 Å². The van der Waals surface area contributed by atoms with E-state index in [-0.39, 0.29) is 24.0 Å². The third kappa shape index (κ3) is 3.47. The predicted molar refractivity (Wildman–Crippen MR) is 93.0 cm³/mol. The van der Waals surface area contributed by atoms with Crippen LogP contribution in [0.1, 0.15) is 36.7 Å². The Labute approximate surface area is 145 Å². The summed E-state index contributed by atoms with van der Waals surface area (Å²) in [5.41, 5.74) is 2.88.